The Labute approximate surface area is 265 Å². The van der Waals surface area contributed by atoms with Crippen LogP contribution in [0.4, 0.5) is 24.7 Å². The molecule has 10 nitrogen and oxygen atoms in total. The number of hydrogen-bond acceptors (Lipinski definition) is 7. The van der Waals surface area contributed by atoms with Gasteiger partial charge in [0, 0.05) is 31.9 Å². The van der Waals surface area contributed by atoms with E-state index in [1.165, 1.54) is 16.8 Å². The summed E-state index contributed by atoms with van der Waals surface area (Å²) in [6.45, 7) is 8.94. The molecule has 1 atom stereocenters. The van der Waals surface area contributed by atoms with Gasteiger partial charge in [0.1, 0.15) is 23.1 Å². The lowest BCUT2D eigenvalue weighted by Crippen LogP contribution is -2.60. The molecule has 6 rings (SSSR count). The van der Waals surface area contributed by atoms with Crippen molar-refractivity contribution in [3.05, 3.63) is 81.3 Å². The summed E-state index contributed by atoms with van der Waals surface area (Å²) in [4.78, 5) is 53.7. The molecule has 2 aromatic carbocycles. The van der Waals surface area contributed by atoms with Crippen LogP contribution in [0, 0.1) is 24.4 Å². The molecule has 14 heteroatoms. The Morgan fingerprint density at radius 2 is 1.83 bits per heavy atom. The zero-order valence-corrected chi connectivity index (χ0v) is 26.0. The Bertz CT molecular complexity index is 2070. The van der Waals surface area contributed by atoms with Crippen molar-refractivity contribution in [3.63, 3.8) is 0 Å². The molecular formula is C32H28ClF3N6O4. The van der Waals surface area contributed by atoms with Crippen molar-refractivity contribution in [2.24, 2.45) is 0 Å². The molecule has 4 aromatic rings. The second-order valence-electron chi connectivity index (χ2n) is 11.5. The first-order valence-electron chi connectivity index (χ1n) is 14.4. The Kier molecular flexibility index (Phi) is 7.54. The van der Waals surface area contributed by atoms with E-state index in [-0.39, 0.29) is 48.1 Å². The van der Waals surface area contributed by atoms with E-state index in [0.717, 1.165) is 21.6 Å². The predicted molar refractivity (Wildman–Crippen MR) is 167 cm³/mol. The molecule has 0 radical (unpaired) electrons. The number of phenolic OH excluding ortho intramolecular Hbond substituents is 1. The lowest BCUT2D eigenvalue weighted by Gasteiger charge is -2.40. The summed E-state index contributed by atoms with van der Waals surface area (Å²) in [5.41, 5.74) is -2.03. The third kappa shape index (κ3) is 4.43. The fourth-order valence-corrected chi connectivity index (χ4v) is 6.70. The Morgan fingerprint density at radius 1 is 1.11 bits per heavy atom. The van der Waals surface area contributed by atoms with E-state index in [1.807, 2.05) is 13.8 Å². The highest BCUT2D eigenvalue weighted by Gasteiger charge is 2.43. The molecule has 1 saturated heterocycles. The molecule has 2 aliphatic rings. The van der Waals surface area contributed by atoms with E-state index in [4.69, 9.17) is 11.6 Å². The van der Waals surface area contributed by atoms with Crippen molar-refractivity contribution in [2.75, 3.05) is 36.5 Å². The first-order chi connectivity index (χ1) is 21.8. The van der Waals surface area contributed by atoms with Gasteiger partial charge in [0.05, 0.1) is 39.6 Å². The number of amides is 2. The van der Waals surface area contributed by atoms with Crippen LogP contribution in [0.3, 0.4) is 0 Å². The van der Waals surface area contributed by atoms with Crippen LogP contribution in [0.2, 0.25) is 5.02 Å². The summed E-state index contributed by atoms with van der Waals surface area (Å²) < 4.78 is 48.4. The van der Waals surface area contributed by atoms with E-state index in [0.29, 0.717) is 17.3 Å². The van der Waals surface area contributed by atoms with Gasteiger partial charge in [-0.3, -0.25) is 19.1 Å². The van der Waals surface area contributed by atoms with E-state index in [1.54, 1.807) is 19.2 Å². The van der Waals surface area contributed by atoms with Gasteiger partial charge in [-0.15, -0.1) is 0 Å². The summed E-state index contributed by atoms with van der Waals surface area (Å²) in [7, 11) is 1.36. The summed E-state index contributed by atoms with van der Waals surface area (Å²) in [6.07, 6.45) is 2.66. The molecule has 1 fully saturated rings. The third-order valence-electron chi connectivity index (χ3n) is 8.51. The molecule has 0 bridgehead atoms. The lowest BCUT2D eigenvalue weighted by atomic mass is 9.98. The summed E-state index contributed by atoms with van der Waals surface area (Å²) >= 11 is 6.85. The van der Waals surface area contributed by atoms with E-state index in [9.17, 15) is 23.9 Å². The van der Waals surface area contributed by atoms with E-state index >= 15 is 8.78 Å². The first-order valence-corrected chi connectivity index (χ1v) is 14.7. The number of piperazine rings is 1. The maximum atomic E-state index is 17.3. The van der Waals surface area contributed by atoms with Crippen LogP contribution < -0.4 is 15.5 Å². The highest BCUT2D eigenvalue weighted by Crippen LogP contribution is 2.51. The fraction of sp³-hybridized carbons (Fsp3) is 0.281. The van der Waals surface area contributed by atoms with E-state index in [2.05, 4.69) is 16.5 Å². The van der Waals surface area contributed by atoms with Crippen LogP contribution in [0.1, 0.15) is 31.0 Å². The zero-order chi connectivity index (χ0) is 33.4. The van der Waals surface area contributed by atoms with Gasteiger partial charge in [0.15, 0.2) is 17.5 Å². The van der Waals surface area contributed by atoms with Gasteiger partial charge in [-0.25, -0.2) is 18.0 Å². The largest absolute Gasteiger partial charge is 0.507 e. The number of carbonyl (C=O) groups is 2. The number of fused-ring (bicyclic) bond motifs is 2. The van der Waals surface area contributed by atoms with Gasteiger partial charge in [-0.1, -0.05) is 32.0 Å². The summed E-state index contributed by atoms with van der Waals surface area (Å²) in [5, 5.41) is 10.1. The third-order valence-corrected chi connectivity index (χ3v) is 8.87. The highest BCUT2D eigenvalue weighted by molar-refractivity contribution is 6.39. The lowest BCUT2D eigenvalue weighted by molar-refractivity contribution is -0.128. The Morgan fingerprint density at radius 3 is 2.50 bits per heavy atom. The van der Waals surface area contributed by atoms with Crippen LogP contribution in [-0.4, -0.2) is 69.1 Å². The van der Waals surface area contributed by atoms with Gasteiger partial charge < -0.3 is 19.8 Å². The molecule has 1 N–H and O–H groups in total. The van der Waals surface area contributed by atoms with Gasteiger partial charge in [0.2, 0.25) is 5.91 Å². The molecule has 0 spiro atoms. The minimum absolute atomic E-state index is 0.0400. The van der Waals surface area contributed by atoms with Gasteiger partial charge in [-0.05, 0) is 42.7 Å². The van der Waals surface area contributed by atoms with Gasteiger partial charge >= 0.3 is 5.69 Å². The molecular weight excluding hydrogens is 625 g/mol. The highest BCUT2D eigenvalue weighted by atomic mass is 35.5. The number of halogens is 4. The normalized spacial score (nSPS) is 16.2. The van der Waals surface area contributed by atoms with Crippen LogP contribution in [0.15, 0.2) is 41.8 Å². The standard InChI is InChI=1S/C32H28ClF3N6O4/c1-6-19(44)40-11-12-41-17(13-40)31(45)39(5)28-22-29(25(36)21(23(28)33)20-18(43)8-7-16(34)24(20)35)42(32(46)38-30(22)41)27-15(4)9-10-37-26(27)14(2)3/h6-10,14,17,43H,1,11-13H2,2-5H3. The zero-order valence-electron chi connectivity index (χ0n) is 25.2. The molecule has 0 saturated carbocycles. The van der Waals surface area contributed by atoms with Crippen LogP contribution in [0.5, 0.6) is 5.75 Å². The number of nitrogens with zero attached hydrogens (tertiary/aromatic N) is 6. The van der Waals surface area contributed by atoms with Crippen molar-refractivity contribution in [1.29, 1.82) is 0 Å². The van der Waals surface area contributed by atoms with E-state index < -0.39 is 68.4 Å². The number of anilines is 2. The minimum atomic E-state index is -1.59. The number of aromatic nitrogens is 3. The Hall–Kier alpha value is -4.91. The monoisotopic (exact) mass is 652 g/mol. The van der Waals surface area contributed by atoms with Crippen LogP contribution in [-0.2, 0) is 9.59 Å². The number of aromatic hydroxyl groups is 1. The number of rotatable bonds is 4. The SMILES string of the molecule is C=CC(=O)N1CCN2c3nc(=O)n(-c4c(C)ccnc4C(C)C)c4c(F)c(-c5c(O)ccc(F)c5F)c(Cl)c(c34)N(C)C(=O)C2C1. The average Bonchev–Trinajstić information content (AvgIpc) is 3.11. The number of pyridine rings is 1. The van der Waals surface area contributed by atoms with Crippen molar-refractivity contribution < 1.29 is 27.9 Å². The van der Waals surface area contributed by atoms with Crippen molar-refractivity contribution in [3.8, 4) is 22.6 Å². The molecule has 46 heavy (non-hydrogen) atoms. The predicted octanol–water partition coefficient (Wildman–Crippen LogP) is 4.84. The van der Waals surface area contributed by atoms with Gasteiger partial charge in [0.25, 0.3) is 5.91 Å². The molecule has 1 unspecified atom stereocenters. The number of phenols is 1. The quantitative estimate of drug-likeness (QED) is 0.314. The van der Waals surface area contributed by atoms with Crippen molar-refractivity contribution >= 4 is 45.8 Å². The molecule has 2 aliphatic heterocycles. The van der Waals surface area contributed by atoms with Crippen LogP contribution >= 0.6 is 11.6 Å². The molecule has 4 heterocycles. The number of aryl methyl sites for hydroxylation is 1. The summed E-state index contributed by atoms with van der Waals surface area (Å²) in [6, 6.07) is 2.07. The van der Waals surface area contributed by atoms with Gasteiger partial charge in [-0.2, -0.15) is 4.98 Å². The number of benzene rings is 2. The number of likely N-dealkylation sites (N-methyl/N-ethyl adjacent to an activating group) is 1. The fourth-order valence-electron chi connectivity index (χ4n) is 6.30. The second-order valence-corrected chi connectivity index (χ2v) is 11.9. The van der Waals surface area contributed by atoms with Crippen molar-refractivity contribution in [1.82, 2.24) is 19.4 Å². The molecule has 0 aliphatic carbocycles. The maximum Gasteiger partial charge on any atom is 0.354 e. The first kappa shape index (κ1) is 31.1. The molecule has 2 amide bonds. The second kappa shape index (κ2) is 11.2. The average molecular weight is 653 g/mol. The van der Waals surface area contributed by atoms with Crippen LogP contribution in [0.25, 0.3) is 27.7 Å². The number of hydrogen-bond donors (Lipinski definition) is 1. The summed E-state index contributed by atoms with van der Waals surface area (Å²) in [5.74, 6) is -6.41. The van der Waals surface area contributed by atoms with Crippen molar-refractivity contribution in [2.45, 2.75) is 32.7 Å². The Balaban J connectivity index is 1.83. The smallest absolute Gasteiger partial charge is 0.354 e. The minimum Gasteiger partial charge on any atom is -0.507 e. The topological polar surface area (TPSA) is 112 Å². The maximum absolute atomic E-state index is 17.3. The molecule has 238 valence electrons. The molecule has 2 aromatic heterocycles. The number of carbonyl (C=O) groups excluding carboxylic acids is 2.